The molecule has 0 aromatic heterocycles. The second-order valence-corrected chi connectivity index (χ2v) is 12.0. The van der Waals surface area contributed by atoms with Crippen molar-refractivity contribution in [1.29, 1.82) is 0 Å². The van der Waals surface area contributed by atoms with E-state index in [0.717, 1.165) is 24.3 Å². The third-order valence-electron chi connectivity index (χ3n) is 6.63. The Bertz CT molecular complexity index is 1030. The van der Waals surface area contributed by atoms with Gasteiger partial charge < -0.3 is 33.2 Å². The molecular formula is C36H56N2O13. The van der Waals surface area contributed by atoms with Gasteiger partial charge in [-0.2, -0.15) is 0 Å². The first-order chi connectivity index (χ1) is 24.0. The fraction of sp³-hybridized carbons (Fsp3) is 0.611. The predicted octanol–water partition coefficient (Wildman–Crippen LogP) is 2.72. The van der Waals surface area contributed by atoms with Crippen molar-refractivity contribution in [3.63, 3.8) is 0 Å². The third kappa shape index (κ3) is 24.5. The maximum atomic E-state index is 12.6. The number of esters is 6. The molecule has 0 aliphatic rings. The van der Waals surface area contributed by atoms with Gasteiger partial charge in [-0.1, -0.05) is 26.3 Å². The zero-order valence-corrected chi connectivity index (χ0v) is 30.9. The summed E-state index contributed by atoms with van der Waals surface area (Å²) in [6.45, 7) is 25.3. The molecule has 0 bridgehead atoms. The largest absolute Gasteiger partial charge is 0.460 e. The Morgan fingerprint density at radius 1 is 0.451 bits per heavy atom. The van der Waals surface area contributed by atoms with Gasteiger partial charge in [0.2, 0.25) is 0 Å². The zero-order valence-electron chi connectivity index (χ0n) is 30.9. The minimum Gasteiger partial charge on any atom is -0.460 e. The van der Waals surface area contributed by atoms with E-state index in [9.17, 15) is 28.8 Å². The van der Waals surface area contributed by atoms with E-state index in [2.05, 4.69) is 26.3 Å². The number of nitrogens with zero attached hydrogens (tertiary/aromatic N) is 2. The average molecular weight is 725 g/mol. The number of ether oxygens (including phenoxy) is 7. The Labute approximate surface area is 301 Å². The molecule has 15 heteroatoms. The monoisotopic (exact) mass is 724 g/mol. The molecule has 0 rings (SSSR count). The number of hydrogen-bond donors (Lipinski definition) is 0. The topological polar surface area (TPSA) is 174 Å². The van der Waals surface area contributed by atoms with E-state index in [0.29, 0.717) is 0 Å². The fourth-order valence-corrected chi connectivity index (χ4v) is 4.64. The Morgan fingerprint density at radius 3 is 0.941 bits per heavy atom. The van der Waals surface area contributed by atoms with Gasteiger partial charge in [0.05, 0.1) is 26.1 Å². The van der Waals surface area contributed by atoms with Crippen LogP contribution in [0, 0.1) is 0 Å². The van der Waals surface area contributed by atoms with E-state index in [-0.39, 0.29) is 65.3 Å². The van der Waals surface area contributed by atoms with Crippen molar-refractivity contribution >= 4 is 35.8 Å². The minimum absolute atomic E-state index is 0.00452. The summed E-state index contributed by atoms with van der Waals surface area (Å²) < 4.78 is 37.4. The molecule has 0 fully saturated rings. The summed E-state index contributed by atoms with van der Waals surface area (Å²) >= 11 is 0. The van der Waals surface area contributed by atoms with Crippen LogP contribution in [0.1, 0.15) is 54.4 Å². The van der Waals surface area contributed by atoms with Gasteiger partial charge in [0.1, 0.15) is 36.6 Å². The van der Waals surface area contributed by atoms with E-state index in [4.69, 9.17) is 33.2 Å². The Kier molecular flexibility index (Phi) is 24.2. The highest BCUT2D eigenvalue weighted by molar-refractivity contribution is 5.82. The first kappa shape index (κ1) is 46.7. The van der Waals surface area contributed by atoms with Gasteiger partial charge in [0.15, 0.2) is 0 Å². The maximum absolute atomic E-state index is 12.6. The van der Waals surface area contributed by atoms with Gasteiger partial charge in [-0.25, -0.2) is 19.2 Å². The second-order valence-electron chi connectivity index (χ2n) is 12.0. The number of carbonyl (C=O) groups excluding carboxylic acids is 6. The van der Waals surface area contributed by atoms with Crippen molar-refractivity contribution in [3.8, 4) is 0 Å². The van der Waals surface area contributed by atoms with Crippen molar-refractivity contribution in [1.82, 2.24) is 9.80 Å². The van der Waals surface area contributed by atoms with E-state index in [1.54, 1.807) is 41.5 Å². The molecule has 0 aliphatic carbocycles. The van der Waals surface area contributed by atoms with Crippen LogP contribution >= 0.6 is 0 Å². The van der Waals surface area contributed by atoms with Crippen LogP contribution in [0.25, 0.3) is 0 Å². The number of hydrogen-bond acceptors (Lipinski definition) is 15. The van der Waals surface area contributed by atoms with Crippen LogP contribution in [-0.2, 0) is 61.9 Å². The van der Waals surface area contributed by atoms with Crippen LogP contribution in [0.15, 0.2) is 50.6 Å². The molecular weight excluding hydrogens is 668 g/mol. The van der Waals surface area contributed by atoms with Gasteiger partial charge in [0.25, 0.3) is 0 Å². The van der Waals surface area contributed by atoms with Crippen molar-refractivity contribution < 1.29 is 61.9 Å². The molecule has 288 valence electrons. The van der Waals surface area contributed by atoms with Crippen LogP contribution < -0.4 is 0 Å². The summed E-state index contributed by atoms with van der Waals surface area (Å²) in [6.07, 6.45) is 0.949. The summed E-state index contributed by atoms with van der Waals surface area (Å²) in [7, 11) is 0. The lowest BCUT2D eigenvalue weighted by Crippen LogP contribution is -2.40. The molecule has 0 amide bonds. The second kappa shape index (κ2) is 26.5. The highest BCUT2D eigenvalue weighted by Gasteiger charge is 2.22. The molecule has 6 atom stereocenters. The molecule has 0 heterocycles. The van der Waals surface area contributed by atoms with Crippen LogP contribution in [0.2, 0.25) is 0 Å². The number of carbonyl (C=O) groups is 6. The lowest BCUT2D eigenvalue weighted by molar-refractivity contribution is -0.156. The summed E-state index contributed by atoms with van der Waals surface area (Å²) in [5, 5.41) is 0. The summed E-state index contributed by atoms with van der Waals surface area (Å²) in [6, 6.07) is 0. The van der Waals surface area contributed by atoms with Gasteiger partial charge in [-0.15, -0.1) is 0 Å². The first-order valence-electron chi connectivity index (χ1n) is 16.7. The Balaban J connectivity index is 4.83. The van der Waals surface area contributed by atoms with Crippen molar-refractivity contribution in [2.75, 3.05) is 52.5 Å². The summed E-state index contributed by atoms with van der Waals surface area (Å²) in [5.41, 5.74) is 0. The lowest BCUT2D eigenvalue weighted by Gasteiger charge is -2.28. The van der Waals surface area contributed by atoms with Crippen LogP contribution in [0.3, 0.4) is 0 Å². The van der Waals surface area contributed by atoms with E-state index < -0.39 is 72.4 Å². The van der Waals surface area contributed by atoms with Gasteiger partial charge >= 0.3 is 35.8 Å². The molecule has 0 saturated carbocycles. The van der Waals surface area contributed by atoms with E-state index in [1.807, 2.05) is 9.80 Å². The molecule has 15 nitrogen and oxygen atoms in total. The molecule has 0 spiro atoms. The molecule has 0 radical (unpaired) electrons. The highest BCUT2D eigenvalue weighted by atomic mass is 16.6. The Hall–Kier alpha value is -4.34. The molecule has 0 N–H and O–H groups in total. The van der Waals surface area contributed by atoms with Gasteiger partial charge in [-0.05, 0) is 41.5 Å². The Morgan fingerprint density at radius 2 is 0.706 bits per heavy atom. The maximum Gasteiger partial charge on any atom is 0.330 e. The lowest BCUT2D eigenvalue weighted by atomic mass is 10.2. The quantitative estimate of drug-likeness (QED) is 0.0654. The first-order valence-corrected chi connectivity index (χ1v) is 16.7. The van der Waals surface area contributed by atoms with Crippen LogP contribution in [0.4, 0.5) is 0 Å². The van der Waals surface area contributed by atoms with Crippen molar-refractivity contribution in [2.45, 2.75) is 91.0 Å². The SMILES string of the molecule is C=CC(=O)OC(C)CN(CCC(=O)OC(C)COCC(C)OC(=O)CCN(CC(C)OC(=O)C=C)CC(C)OC(=O)C=C)CC(C)OC(=O)C=C. The summed E-state index contributed by atoms with van der Waals surface area (Å²) in [4.78, 5) is 75.1. The molecule has 6 unspecified atom stereocenters. The third-order valence-corrected chi connectivity index (χ3v) is 6.63. The number of rotatable bonds is 28. The van der Waals surface area contributed by atoms with Gasteiger partial charge in [0, 0.05) is 63.6 Å². The molecule has 51 heavy (non-hydrogen) atoms. The molecule has 0 aromatic carbocycles. The minimum atomic E-state index is -0.600. The normalized spacial score (nSPS) is 14.4. The van der Waals surface area contributed by atoms with Gasteiger partial charge in [-0.3, -0.25) is 19.4 Å². The van der Waals surface area contributed by atoms with Crippen LogP contribution in [-0.4, -0.2) is 135 Å². The highest BCUT2D eigenvalue weighted by Crippen LogP contribution is 2.08. The summed E-state index contributed by atoms with van der Waals surface area (Å²) in [5.74, 6) is -3.30. The molecule has 0 saturated heterocycles. The van der Waals surface area contributed by atoms with Crippen LogP contribution in [0.5, 0.6) is 0 Å². The van der Waals surface area contributed by atoms with Crippen molar-refractivity contribution in [2.24, 2.45) is 0 Å². The molecule has 0 aliphatic heterocycles. The van der Waals surface area contributed by atoms with E-state index in [1.165, 1.54) is 0 Å². The predicted molar refractivity (Wildman–Crippen MR) is 187 cm³/mol. The molecule has 0 aromatic rings. The van der Waals surface area contributed by atoms with E-state index >= 15 is 0 Å². The fourth-order valence-electron chi connectivity index (χ4n) is 4.64. The average Bonchev–Trinajstić information content (AvgIpc) is 3.05. The van der Waals surface area contributed by atoms with Crippen molar-refractivity contribution in [3.05, 3.63) is 50.6 Å². The standard InChI is InChI=1S/C36H56N2O13/c1-11-31(39)46-25(5)19-37(20-26(6)47-32(40)12-2)17-15-35(43)50-29(9)23-45-24-30(10)51-36(44)16-18-38(21-27(7)48-33(41)13-3)22-28(8)49-34(42)14-4/h11-14,25-30H,1-4,15-24H2,5-10H3. The smallest absolute Gasteiger partial charge is 0.330 e. The zero-order chi connectivity index (χ0) is 38.9.